The van der Waals surface area contributed by atoms with Crippen LogP contribution in [0.5, 0.6) is 0 Å². The van der Waals surface area contributed by atoms with Crippen molar-refractivity contribution in [2.75, 3.05) is 6.54 Å². The summed E-state index contributed by atoms with van der Waals surface area (Å²) in [5.41, 5.74) is 3.08. The zero-order valence-corrected chi connectivity index (χ0v) is 12.0. The number of amides is 1. The van der Waals surface area contributed by atoms with Gasteiger partial charge >= 0.3 is 0 Å². The molecule has 110 valence electrons. The van der Waals surface area contributed by atoms with Crippen LogP contribution in [-0.2, 0) is 6.42 Å². The first kappa shape index (κ1) is 14.1. The fourth-order valence-electron chi connectivity index (χ4n) is 2.26. The van der Waals surface area contributed by atoms with Crippen LogP contribution in [0.1, 0.15) is 15.9 Å². The van der Waals surface area contributed by atoms with Crippen LogP contribution in [0.3, 0.4) is 0 Å². The minimum atomic E-state index is -0.170. The monoisotopic (exact) mass is 292 g/mol. The third kappa shape index (κ3) is 3.23. The lowest BCUT2D eigenvalue weighted by Crippen LogP contribution is -2.25. The van der Waals surface area contributed by atoms with Crippen molar-refractivity contribution in [3.8, 4) is 11.3 Å². The number of rotatable bonds is 5. The molecular weight excluding hydrogens is 276 g/mol. The molecule has 0 aliphatic carbocycles. The number of aromatic nitrogens is 1. The summed E-state index contributed by atoms with van der Waals surface area (Å²) in [5, 5.41) is 6.84. The second kappa shape index (κ2) is 6.72. The Morgan fingerprint density at radius 3 is 2.41 bits per heavy atom. The number of carbonyl (C=O) groups excluding carboxylic acids is 1. The minimum absolute atomic E-state index is 0.170. The van der Waals surface area contributed by atoms with Crippen LogP contribution in [0.25, 0.3) is 11.3 Å². The van der Waals surface area contributed by atoms with Crippen LogP contribution in [0.15, 0.2) is 71.4 Å². The Balaban J connectivity index is 1.65. The summed E-state index contributed by atoms with van der Waals surface area (Å²) >= 11 is 0. The Morgan fingerprint density at radius 1 is 1.00 bits per heavy atom. The quantitative estimate of drug-likeness (QED) is 0.785. The molecule has 0 radical (unpaired) electrons. The molecule has 4 heteroatoms. The highest BCUT2D eigenvalue weighted by Crippen LogP contribution is 2.21. The van der Waals surface area contributed by atoms with Gasteiger partial charge < -0.3 is 9.84 Å². The summed E-state index contributed by atoms with van der Waals surface area (Å²) in [4.78, 5) is 12.3. The second-order valence-electron chi connectivity index (χ2n) is 4.93. The van der Waals surface area contributed by atoms with E-state index in [-0.39, 0.29) is 5.91 Å². The van der Waals surface area contributed by atoms with Gasteiger partial charge in [-0.25, -0.2) is 0 Å². The molecule has 1 aromatic heterocycles. The summed E-state index contributed by atoms with van der Waals surface area (Å²) in [7, 11) is 0. The topological polar surface area (TPSA) is 55.1 Å². The van der Waals surface area contributed by atoms with Gasteiger partial charge in [0.15, 0.2) is 0 Å². The van der Waals surface area contributed by atoms with E-state index in [9.17, 15) is 4.79 Å². The van der Waals surface area contributed by atoms with Crippen LogP contribution >= 0.6 is 0 Å². The number of nitrogens with zero attached hydrogens (tertiary/aromatic N) is 1. The van der Waals surface area contributed by atoms with Crippen molar-refractivity contribution in [3.63, 3.8) is 0 Å². The predicted molar refractivity (Wildman–Crippen MR) is 84.4 cm³/mol. The largest absolute Gasteiger partial charge is 0.363 e. The van der Waals surface area contributed by atoms with Crippen LogP contribution < -0.4 is 5.32 Å². The van der Waals surface area contributed by atoms with Gasteiger partial charge in [0.05, 0.1) is 0 Å². The van der Waals surface area contributed by atoms with E-state index in [1.54, 1.807) is 0 Å². The number of carbonyl (C=O) groups is 1. The van der Waals surface area contributed by atoms with Crippen molar-refractivity contribution < 1.29 is 9.32 Å². The molecule has 1 amide bonds. The van der Waals surface area contributed by atoms with Gasteiger partial charge in [0, 0.05) is 12.1 Å². The summed E-state index contributed by atoms with van der Waals surface area (Å²) < 4.78 is 4.97. The normalized spacial score (nSPS) is 10.4. The maximum atomic E-state index is 12.3. The molecule has 0 atom stereocenters. The van der Waals surface area contributed by atoms with Gasteiger partial charge in [0.2, 0.25) is 0 Å². The second-order valence-corrected chi connectivity index (χ2v) is 4.93. The van der Waals surface area contributed by atoms with Crippen LogP contribution in [0, 0.1) is 0 Å². The Hall–Kier alpha value is -2.88. The van der Waals surface area contributed by atoms with Gasteiger partial charge in [-0.1, -0.05) is 65.8 Å². The third-order valence-corrected chi connectivity index (χ3v) is 3.40. The number of nitrogens with one attached hydrogen (secondary N) is 1. The fraction of sp³-hybridized carbons (Fsp3) is 0.111. The predicted octanol–water partition coefficient (Wildman–Crippen LogP) is 3.31. The molecule has 0 fully saturated rings. The Bertz CT molecular complexity index is 736. The SMILES string of the molecule is O=C(NCCc1ccccc1)c1conc1-c1ccccc1. The standard InChI is InChI=1S/C18H16N2O2/c21-18(19-12-11-14-7-3-1-4-8-14)16-13-22-20-17(16)15-9-5-2-6-10-15/h1-10,13H,11-12H2,(H,19,21). The molecule has 0 aliphatic rings. The van der Waals surface area contributed by atoms with Crippen molar-refractivity contribution in [1.82, 2.24) is 10.5 Å². The molecule has 0 spiro atoms. The summed E-state index contributed by atoms with van der Waals surface area (Å²) in [6, 6.07) is 19.6. The van der Waals surface area contributed by atoms with Crippen LogP contribution in [0.4, 0.5) is 0 Å². The average molecular weight is 292 g/mol. The lowest BCUT2D eigenvalue weighted by Gasteiger charge is -2.05. The van der Waals surface area contributed by atoms with Gasteiger partial charge in [0.25, 0.3) is 5.91 Å². The van der Waals surface area contributed by atoms with E-state index in [1.807, 2.05) is 60.7 Å². The first-order valence-electron chi connectivity index (χ1n) is 7.16. The highest BCUT2D eigenvalue weighted by molar-refractivity contribution is 5.99. The van der Waals surface area contributed by atoms with Crippen LogP contribution in [-0.4, -0.2) is 17.6 Å². The maximum absolute atomic E-state index is 12.3. The molecule has 0 aliphatic heterocycles. The molecule has 0 saturated heterocycles. The highest BCUT2D eigenvalue weighted by Gasteiger charge is 2.16. The van der Waals surface area contributed by atoms with E-state index >= 15 is 0 Å². The fourth-order valence-corrected chi connectivity index (χ4v) is 2.26. The Kier molecular flexibility index (Phi) is 4.30. The van der Waals surface area contributed by atoms with Gasteiger partial charge in [-0.05, 0) is 12.0 Å². The molecule has 22 heavy (non-hydrogen) atoms. The smallest absolute Gasteiger partial charge is 0.256 e. The summed E-state index contributed by atoms with van der Waals surface area (Å²) in [5.74, 6) is -0.170. The molecule has 1 N–H and O–H groups in total. The lowest BCUT2D eigenvalue weighted by molar-refractivity contribution is 0.0954. The number of hydrogen-bond acceptors (Lipinski definition) is 3. The van der Waals surface area contributed by atoms with E-state index in [2.05, 4.69) is 10.5 Å². The van der Waals surface area contributed by atoms with Crippen molar-refractivity contribution in [1.29, 1.82) is 0 Å². The zero-order chi connectivity index (χ0) is 15.2. The van der Waals surface area contributed by atoms with Crippen molar-refractivity contribution >= 4 is 5.91 Å². The van der Waals surface area contributed by atoms with E-state index in [1.165, 1.54) is 11.8 Å². The molecule has 3 aromatic rings. The molecule has 4 nitrogen and oxygen atoms in total. The molecule has 1 heterocycles. The van der Waals surface area contributed by atoms with Crippen molar-refractivity contribution in [2.24, 2.45) is 0 Å². The minimum Gasteiger partial charge on any atom is -0.363 e. The van der Waals surface area contributed by atoms with E-state index in [4.69, 9.17) is 4.52 Å². The van der Waals surface area contributed by atoms with E-state index in [0.29, 0.717) is 17.8 Å². The molecule has 3 rings (SSSR count). The first-order chi connectivity index (χ1) is 10.8. The zero-order valence-electron chi connectivity index (χ0n) is 12.0. The van der Waals surface area contributed by atoms with E-state index in [0.717, 1.165) is 12.0 Å². The Labute approximate surface area is 128 Å². The van der Waals surface area contributed by atoms with Crippen molar-refractivity contribution in [2.45, 2.75) is 6.42 Å². The van der Waals surface area contributed by atoms with Gasteiger partial charge in [-0.3, -0.25) is 4.79 Å². The highest BCUT2D eigenvalue weighted by atomic mass is 16.5. The number of hydrogen-bond donors (Lipinski definition) is 1. The summed E-state index contributed by atoms with van der Waals surface area (Å²) in [6.45, 7) is 0.572. The molecular formula is C18H16N2O2. The average Bonchev–Trinajstić information content (AvgIpc) is 3.06. The maximum Gasteiger partial charge on any atom is 0.256 e. The molecule has 0 unspecified atom stereocenters. The van der Waals surface area contributed by atoms with Gasteiger partial charge in [-0.2, -0.15) is 0 Å². The lowest BCUT2D eigenvalue weighted by atomic mass is 10.1. The first-order valence-corrected chi connectivity index (χ1v) is 7.16. The van der Waals surface area contributed by atoms with Crippen LogP contribution in [0.2, 0.25) is 0 Å². The van der Waals surface area contributed by atoms with Crippen molar-refractivity contribution in [3.05, 3.63) is 78.1 Å². The summed E-state index contributed by atoms with van der Waals surface area (Å²) in [6.07, 6.45) is 2.18. The third-order valence-electron chi connectivity index (χ3n) is 3.40. The molecule has 0 saturated carbocycles. The number of benzene rings is 2. The molecule has 0 bridgehead atoms. The van der Waals surface area contributed by atoms with E-state index < -0.39 is 0 Å². The van der Waals surface area contributed by atoms with Gasteiger partial charge in [0.1, 0.15) is 17.5 Å². The molecule has 2 aromatic carbocycles. The Morgan fingerprint density at radius 2 is 1.68 bits per heavy atom. The van der Waals surface area contributed by atoms with Gasteiger partial charge in [-0.15, -0.1) is 0 Å².